The Hall–Kier alpha value is -1.17. The zero-order chi connectivity index (χ0) is 12.3. The number of carbonyl (C=O) groups excluding carboxylic acids is 1. The number of amides is 1. The van der Waals surface area contributed by atoms with Crippen LogP contribution in [-0.4, -0.2) is 18.7 Å². The maximum atomic E-state index is 11.4. The van der Waals surface area contributed by atoms with Gasteiger partial charge in [0.05, 0.1) is 6.61 Å². The van der Waals surface area contributed by atoms with Crippen molar-refractivity contribution in [1.29, 1.82) is 0 Å². The van der Waals surface area contributed by atoms with Crippen molar-refractivity contribution in [3.63, 3.8) is 0 Å². The Morgan fingerprint density at radius 1 is 1.29 bits per heavy atom. The highest BCUT2D eigenvalue weighted by molar-refractivity contribution is 5.67. The number of hydrogen-bond donors (Lipinski definition) is 1. The fourth-order valence-corrected chi connectivity index (χ4v) is 2.73. The number of ether oxygens (including phenoxy) is 1. The number of alkyl carbamates (subject to hydrolysis) is 1. The summed E-state index contributed by atoms with van der Waals surface area (Å²) in [7, 11) is 0. The van der Waals surface area contributed by atoms with Crippen LogP contribution in [0.4, 0.5) is 4.79 Å². The third-order valence-electron chi connectivity index (χ3n) is 3.65. The first-order valence-electron chi connectivity index (χ1n) is 6.57. The second kappa shape index (κ2) is 5.44. The van der Waals surface area contributed by atoms with Gasteiger partial charge in [-0.1, -0.05) is 0 Å². The van der Waals surface area contributed by atoms with Crippen LogP contribution in [0.5, 0.6) is 0 Å². The first-order valence-corrected chi connectivity index (χ1v) is 6.57. The van der Waals surface area contributed by atoms with Crippen LogP contribution in [0.25, 0.3) is 0 Å². The van der Waals surface area contributed by atoms with Gasteiger partial charge in [0, 0.05) is 18.9 Å². The molecule has 0 heterocycles. The van der Waals surface area contributed by atoms with E-state index in [2.05, 4.69) is 17.2 Å². The molecule has 0 aliphatic heterocycles. The van der Waals surface area contributed by atoms with Gasteiger partial charge in [-0.25, -0.2) is 4.79 Å². The first kappa shape index (κ1) is 12.3. The van der Waals surface area contributed by atoms with Crippen LogP contribution >= 0.6 is 0 Å². The fourth-order valence-electron chi connectivity index (χ4n) is 2.73. The van der Waals surface area contributed by atoms with Gasteiger partial charge >= 0.3 is 6.09 Å². The molecule has 2 aliphatic carbocycles. The monoisotopic (exact) mass is 235 g/mol. The van der Waals surface area contributed by atoms with Crippen molar-refractivity contribution >= 4 is 6.09 Å². The summed E-state index contributed by atoms with van der Waals surface area (Å²) >= 11 is 0. The van der Waals surface area contributed by atoms with Crippen LogP contribution in [0.3, 0.4) is 0 Å². The van der Waals surface area contributed by atoms with Gasteiger partial charge in [0.15, 0.2) is 0 Å². The Balaban J connectivity index is 1.70. The van der Waals surface area contributed by atoms with E-state index in [9.17, 15) is 4.79 Å². The lowest BCUT2D eigenvalue weighted by molar-refractivity contribution is 0.135. The summed E-state index contributed by atoms with van der Waals surface area (Å²) in [4.78, 5) is 11.4. The topological polar surface area (TPSA) is 38.3 Å². The lowest BCUT2D eigenvalue weighted by Crippen LogP contribution is -2.31. The van der Waals surface area contributed by atoms with Crippen molar-refractivity contribution in [3.05, 3.63) is 0 Å². The molecular formula is C14H21NO2. The van der Waals surface area contributed by atoms with Crippen molar-refractivity contribution < 1.29 is 9.53 Å². The molecule has 2 rings (SSSR count). The van der Waals surface area contributed by atoms with Crippen molar-refractivity contribution in [2.45, 2.75) is 45.6 Å². The van der Waals surface area contributed by atoms with E-state index < -0.39 is 0 Å². The molecule has 0 aromatic heterocycles. The van der Waals surface area contributed by atoms with Gasteiger partial charge in [0.25, 0.3) is 0 Å². The highest BCUT2D eigenvalue weighted by Gasteiger charge is 2.49. The quantitative estimate of drug-likeness (QED) is 0.763. The second-order valence-electron chi connectivity index (χ2n) is 5.32. The van der Waals surface area contributed by atoms with E-state index >= 15 is 0 Å². The largest absolute Gasteiger partial charge is 0.449 e. The summed E-state index contributed by atoms with van der Waals surface area (Å²) in [6.07, 6.45) is 4.09. The predicted molar refractivity (Wildman–Crippen MR) is 66.3 cm³/mol. The van der Waals surface area contributed by atoms with E-state index in [0.29, 0.717) is 12.5 Å². The molecule has 0 spiro atoms. The van der Waals surface area contributed by atoms with E-state index in [1.54, 1.807) is 0 Å². The van der Waals surface area contributed by atoms with E-state index in [0.717, 1.165) is 24.7 Å². The minimum Gasteiger partial charge on any atom is -0.449 e. The number of rotatable bonds is 3. The Bertz CT molecular complexity index is 322. The SMILES string of the molecule is CC(C)NC(=O)OCC1[C@H]2CCC#CCC[C@@H]12. The third-order valence-corrected chi connectivity index (χ3v) is 3.65. The Morgan fingerprint density at radius 3 is 2.41 bits per heavy atom. The molecular weight excluding hydrogens is 214 g/mol. The van der Waals surface area contributed by atoms with Crippen LogP contribution in [0, 0.1) is 29.6 Å². The van der Waals surface area contributed by atoms with Crippen LogP contribution in [-0.2, 0) is 4.74 Å². The maximum Gasteiger partial charge on any atom is 0.407 e. The Morgan fingerprint density at radius 2 is 1.88 bits per heavy atom. The van der Waals surface area contributed by atoms with Gasteiger partial charge < -0.3 is 10.1 Å². The number of hydrogen-bond acceptors (Lipinski definition) is 2. The molecule has 3 nitrogen and oxygen atoms in total. The lowest BCUT2D eigenvalue weighted by Gasteiger charge is -2.09. The molecule has 1 fully saturated rings. The number of nitrogens with one attached hydrogen (secondary N) is 1. The van der Waals surface area contributed by atoms with Crippen molar-refractivity contribution in [3.8, 4) is 11.8 Å². The molecule has 0 saturated heterocycles. The first-order chi connectivity index (χ1) is 8.18. The molecule has 17 heavy (non-hydrogen) atoms. The smallest absolute Gasteiger partial charge is 0.407 e. The molecule has 1 amide bonds. The van der Waals surface area contributed by atoms with Gasteiger partial charge in [-0.2, -0.15) is 0 Å². The van der Waals surface area contributed by atoms with Gasteiger partial charge in [-0.3, -0.25) is 0 Å². The zero-order valence-corrected chi connectivity index (χ0v) is 10.7. The van der Waals surface area contributed by atoms with Gasteiger partial charge in [0.2, 0.25) is 0 Å². The molecule has 0 aromatic carbocycles. The van der Waals surface area contributed by atoms with Crippen LogP contribution < -0.4 is 5.32 Å². The highest BCUT2D eigenvalue weighted by Crippen LogP contribution is 2.52. The number of carbonyl (C=O) groups is 1. The van der Waals surface area contributed by atoms with Crippen molar-refractivity contribution in [1.82, 2.24) is 5.32 Å². The van der Waals surface area contributed by atoms with Crippen molar-refractivity contribution in [2.24, 2.45) is 17.8 Å². The summed E-state index contributed by atoms with van der Waals surface area (Å²) in [6, 6.07) is 0.142. The average Bonchev–Trinajstić information content (AvgIpc) is 2.84. The second-order valence-corrected chi connectivity index (χ2v) is 5.32. The maximum absolute atomic E-state index is 11.4. The average molecular weight is 235 g/mol. The Kier molecular flexibility index (Phi) is 3.93. The van der Waals surface area contributed by atoms with E-state index in [1.165, 1.54) is 12.8 Å². The molecule has 1 unspecified atom stereocenters. The molecule has 0 bridgehead atoms. The van der Waals surface area contributed by atoms with E-state index in [1.807, 2.05) is 13.8 Å². The molecule has 0 aromatic rings. The fraction of sp³-hybridized carbons (Fsp3) is 0.786. The summed E-state index contributed by atoms with van der Waals surface area (Å²) < 4.78 is 5.26. The third kappa shape index (κ3) is 3.39. The van der Waals surface area contributed by atoms with Crippen LogP contribution in [0.1, 0.15) is 39.5 Å². The normalized spacial score (nSPS) is 30.4. The zero-order valence-electron chi connectivity index (χ0n) is 10.7. The van der Waals surface area contributed by atoms with Gasteiger partial charge in [-0.05, 0) is 44.4 Å². The van der Waals surface area contributed by atoms with Crippen molar-refractivity contribution in [2.75, 3.05) is 6.61 Å². The minimum absolute atomic E-state index is 0.142. The molecule has 1 saturated carbocycles. The minimum atomic E-state index is -0.282. The van der Waals surface area contributed by atoms with Gasteiger partial charge in [0.1, 0.15) is 0 Å². The highest BCUT2D eigenvalue weighted by atomic mass is 16.5. The molecule has 3 atom stereocenters. The van der Waals surface area contributed by atoms with E-state index in [4.69, 9.17) is 4.74 Å². The summed E-state index contributed by atoms with van der Waals surface area (Å²) in [6.45, 7) is 4.45. The van der Waals surface area contributed by atoms with Crippen LogP contribution in [0.2, 0.25) is 0 Å². The van der Waals surface area contributed by atoms with Crippen LogP contribution in [0.15, 0.2) is 0 Å². The molecule has 1 N–H and O–H groups in total. The molecule has 0 radical (unpaired) electrons. The lowest BCUT2D eigenvalue weighted by atomic mass is 10.1. The standard InChI is InChI=1S/C14H21NO2/c1-10(2)15-14(16)17-9-13-11-7-5-3-4-6-8-12(11)13/h10-13H,5-9H2,1-2H3,(H,15,16)/t11-,12+,13?. The molecule has 94 valence electrons. The summed E-state index contributed by atoms with van der Waals surface area (Å²) in [5.74, 6) is 8.44. The summed E-state index contributed by atoms with van der Waals surface area (Å²) in [5, 5.41) is 2.75. The number of fused-ring (bicyclic) bond motifs is 1. The summed E-state index contributed by atoms with van der Waals surface area (Å²) in [5.41, 5.74) is 0. The van der Waals surface area contributed by atoms with E-state index in [-0.39, 0.29) is 12.1 Å². The molecule has 3 heteroatoms. The van der Waals surface area contributed by atoms with Gasteiger partial charge in [-0.15, -0.1) is 11.8 Å². The Labute approximate surface area is 103 Å². The predicted octanol–water partition coefficient (Wildman–Crippen LogP) is 2.56. The molecule has 2 aliphatic rings.